The van der Waals surface area contributed by atoms with E-state index in [9.17, 15) is 4.79 Å². The lowest BCUT2D eigenvalue weighted by atomic mass is 10.2. The van der Waals surface area contributed by atoms with Crippen molar-refractivity contribution >= 4 is 17.1 Å². The van der Waals surface area contributed by atoms with Gasteiger partial charge in [0.15, 0.2) is 5.78 Å². The van der Waals surface area contributed by atoms with Crippen molar-refractivity contribution < 1.29 is 4.79 Å². The van der Waals surface area contributed by atoms with Gasteiger partial charge in [-0.15, -0.1) is 5.92 Å². The number of carbonyl (C=O) groups is 1. The van der Waals surface area contributed by atoms with E-state index in [0.717, 1.165) is 5.56 Å². The van der Waals surface area contributed by atoms with E-state index in [1.807, 2.05) is 16.8 Å². The maximum absolute atomic E-state index is 11.2. The quantitative estimate of drug-likeness (QED) is 0.484. The van der Waals surface area contributed by atoms with Crippen LogP contribution in [0.15, 0.2) is 16.8 Å². The molecule has 0 saturated heterocycles. The molecule has 0 aliphatic heterocycles. The molecule has 0 amide bonds. The molecule has 1 aromatic heterocycles. The third-order valence-corrected chi connectivity index (χ3v) is 1.95. The summed E-state index contributed by atoms with van der Waals surface area (Å²) < 4.78 is 0. The fourth-order valence-corrected chi connectivity index (χ4v) is 1.35. The van der Waals surface area contributed by atoms with E-state index in [0.29, 0.717) is 6.42 Å². The minimum absolute atomic E-state index is 0.112. The van der Waals surface area contributed by atoms with Crippen LogP contribution >= 0.6 is 11.3 Å². The van der Waals surface area contributed by atoms with E-state index < -0.39 is 0 Å². The maximum atomic E-state index is 11.2. The lowest BCUT2D eigenvalue weighted by Crippen LogP contribution is -1.93. The van der Waals surface area contributed by atoms with Crippen LogP contribution in [0, 0.1) is 11.8 Å². The van der Waals surface area contributed by atoms with Gasteiger partial charge in [0.1, 0.15) is 0 Å². The minimum atomic E-state index is 0.112. The van der Waals surface area contributed by atoms with Crippen LogP contribution in [0.1, 0.15) is 23.7 Å². The number of rotatable bonds is 2. The number of Topliss-reactive ketones (excluding diaryl/α,β-unsaturated/α-hetero) is 1. The second kappa shape index (κ2) is 3.95. The number of ketones is 1. The van der Waals surface area contributed by atoms with Crippen molar-refractivity contribution in [1.82, 2.24) is 0 Å². The third-order valence-electron chi connectivity index (χ3n) is 1.27. The lowest BCUT2D eigenvalue weighted by molar-refractivity contribution is 0.0998. The summed E-state index contributed by atoms with van der Waals surface area (Å²) in [5.41, 5.74) is 0.776. The molecule has 0 spiro atoms. The molecular formula is C9H8OS. The first-order chi connectivity index (χ1) is 5.34. The van der Waals surface area contributed by atoms with Gasteiger partial charge in [-0.2, -0.15) is 11.3 Å². The Morgan fingerprint density at radius 2 is 2.55 bits per heavy atom. The van der Waals surface area contributed by atoms with Gasteiger partial charge in [-0.3, -0.25) is 4.79 Å². The largest absolute Gasteiger partial charge is 0.293 e. The van der Waals surface area contributed by atoms with Crippen molar-refractivity contribution in [2.75, 3.05) is 0 Å². The Kier molecular flexibility index (Phi) is 2.88. The molecule has 2 heteroatoms. The Labute approximate surface area is 70.1 Å². The molecular weight excluding hydrogens is 156 g/mol. The molecule has 1 rings (SSSR count). The molecule has 0 saturated carbocycles. The summed E-state index contributed by atoms with van der Waals surface area (Å²) in [6, 6.07) is 1.82. The summed E-state index contributed by atoms with van der Waals surface area (Å²) in [4.78, 5) is 11.2. The highest BCUT2D eigenvalue weighted by Gasteiger charge is 2.02. The first kappa shape index (κ1) is 8.03. The fourth-order valence-electron chi connectivity index (χ4n) is 0.694. The maximum Gasteiger partial charge on any atom is 0.175 e. The molecule has 0 aliphatic carbocycles. The topological polar surface area (TPSA) is 17.1 Å². The van der Waals surface area contributed by atoms with Crippen LogP contribution in [0.25, 0.3) is 0 Å². The molecule has 0 aromatic carbocycles. The molecule has 0 fully saturated rings. The summed E-state index contributed by atoms with van der Waals surface area (Å²) in [6.45, 7) is 1.74. The number of thiophene rings is 1. The van der Waals surface area contributed by atoms with Crippen molar-refractivity contribution in [3.8, 4) is 11.8 Å². The molecule has 0 atom stereocenters. The van der Waals surface area contributed by atoms with Crippen LogP contribution in [-0.4, -0.2) is 5.78 Å². The summed E-state index contributed by atoms with van der Waals surface area (Å²) in [5, 5.41) is 3.74. The average Bonchev–Trinajstić information content (AvgIpc) is 2.52. The predicted molar refractivity (Wildman–Crippen MR) is 46.7 cm³/mol. The Bertz CT molecular complexity index is 287. The highest BCUT2D eigenvalue weighted by Crippen LogP contribution is 2.07. The van der Waals surface area contributed by atoms with E-state index in [1.165, 1.54) is 11.3 Å². The first-order valence-corrected chi connectivity index (χ1v) is 4.24. The molecule has 1 heterocycles. The SMILES string of the molecule is CC#CCC(=O)c1ccsc1. The zero-order chi connectivity index (χ0) is 8.10. The van der Waals surface area contributed by atoms with Crippen molar-refractivity contribution in [3.05, 3.63) is 22.4 Å². The lowest BCUT2D eigenvalue weighted by Gasteiger charge is -1.87. The highest BCUT2D eigenvalue weighted by atomic mass is 32.1. The van der Waals surface area contributed by atoms with Gasteiger partial charge in [0.05, 0.1) is 6.42 Å². The zero-order valence-corrected chi connectivity index (χ0v) is 7.07. The summed E-state index contributed by atoms with van der Waals surface area (Å²) in [7, 11) is 0. The normalized spacial score (nSPS) is 8.45. The monoisotopic (exact) mass is 164 g/mol. The van der Waals surface area contributed by atoms with Gasteiger partial charge in [-0.1, -0.05) is 5.92 Å². The molecule has 0 unspecified atom stereocenters. The van der Waals surface area contributed by atoms with Gasteiger partial charge in [-0.05, 0) is 18.4 Å². The minimum Gasteiger partial charge on any atom is -0.293 e. The molecule has 56 valence electrons. The fraction of sp³-hybridized carbons (Fsp3) is 0.222. The zero-order valence-electron chi connectivity index (χ0n) is 6.26. The van der Waals surface area contributed by atoms with Gasteiger partial charge in [0.2, 0.25) is 0 Å². The predicted octanol–water partition coefficient (Wildman–Crippen LogP) is 2.34. The van der Waals surface area contributed by atoms with E-state index in [4.69, 9.17) is 0 Å². The first-order valence-electron chi connectivity index (χ1n) is 3.29. The molecule has 1 nitrogen and oxygen atoms in total. The van der Waals surface area contributed by atoms with E-state index in [1.54, 1.807) is 6.92 Å². The number of carbonyl (C=O) groups excluding carboxylic acids is 1. The molecule has 1 aromatic rings. The van der Waals surface area contributed by atoms with Gasteiger partial charge >= 0.3 is 0 Å². The van der Waals surface area contributed by atoms with Crippen molar-refractivity contribution in [1.29, 1.82) is 0 Å². The Morgan fingerprint density at radius 3 is 3.09 bits per heavy atom. The van der Waals surface area contributed by atoms with Crippen molar-refractivity contribution in [2.45, 2.75) is 13.3 Å². The molecule has 0 bridgehead atoms. The highest BCUT2D eigenvalue weighted by molar-refractivity contribution is 7.08. The standard InChI is InChI=1S/C9H8OS/c1-2-3-4-9(10)8-5-6-11-7-8/h5-7H,4H2,1H3. The van der Waals surface area contributed by atoms with Gasteiger partial charge in [-0.25, -0.2) is 0 Å². The smallest absolute Gasteiger partial charge is 0.175 e. The van der Waals surface area contributed by atoms with Crippen LogP contribution < -0.4 is 0 Å². The molecule has 11 heavy (non-hydrogen) atoms. The Morgan fingerprint density at radius 1 is 1.73 bits per heavy atom. The second-order valence-corrected chi connectivity index (χ2v) is 2.82. The summed E-state index contributed by atoms with van der Waals surface area (Å²) >= 11 is 1.53. The average molecular weight is 164 g/mol. The summed E-state index contributed by atoms with van der Waals surface area (Å²) in [6.07, 6.45) is 0.341. The molecule has 0 N–H and O–H groups in total. The van der Waals surface area contributed by atoms with Crippen LogP contribution in [0.5, 0.6) is 0 Å². The van der Waals surface area contributed by atoms with Crippen LogP contribution in [0.3, 0.4) is 0 Å². The van der Waals surface area contributed by atoms with E-state index >= 15 is 0 Å². The van der Waals surface area contributed by atoms with Crippen molar-refractivity contribution in [2.24, 2.45) is 0 Å². The van der Waals surface area contributed by atoms with Crippen LogP contribution in [0.4, 0.5) is 0 Å². The second-order valence-electron chi connectivity index (χ2n) is 2.04. The number of hydrogen-bond donors (Lipinski definition) is 0. The van der Waals surface area contributed by atoms with Gasteiger partial charge in [0.25, 0.3) is 0 Å². The summed E-state index contributed by atoms with van der Waals surface area (Å²) in [5.74, 6) is 5.55. The number of hydrogen-bond acceptors (Lipinski definition) is 2. The third kappa shape index (κ3) is 2.21. The van der Waals surface area contributed by atoms with Crippen LogP contribution in [-0.2, 0) is 0 Å². The van der Waals surface area contributed by atoms with E-state index in [2.05, 4.69) is 11.8 Å². The van der Waals surface area contributed by atoms with Crippen LogP contribution in [0.2, 0.25) is 0 Å². The molecule has 0 aliphatic rings. The Balaban J connectivity index is 2.61. The van der Waals surface area contributed by atoms with Crippen molar-refractivity contribution in [3.63, 3.8) is 0 Å². The Hall–Kier alpha value is -1.07. The van der Waals surface area contributed by atoms with Gasteiger partial charge < -0.3 is 0 Å². The molecule has 0 radical (unpaired) electrons. The van der Waals surface area contributed by atoms with E-state index in [-0.39, 0.29) is 5.78 Å². The van der Waals surface area contributed by atoms with Gasteiger partial charge in [0, 0.05) is 10.9 Å².